The number of carbonyl (C=O) groups is 1. The van der Waals surface area contributed by atoms with E-state index in [1.807, 2.05) is 24.3 Å². The lowest BCUT2D eigenvalue weighted by Gasteiger charge is -2.05. The summed E-state index contributed by atoms with van der Waals surface area (Å²) in [5, 5.41) is 2.30. The molecule has 0 fully saturated rings. The Morgan fingerprint density at radius 2 is 1.79 bits per heavy atom. The molecule has 0 aliphatic carbocycles. The average molecular weight is 289 g/mol. The van der Waals surface area contributed by atoms with E-state index in [0.29, 0.717) is 23.4 Å². The lowest BCUT2D eigenvalue weighted by atomic mass is 10.00. The molecule has 0 N–H and O–H groups in total. The number of Topliss-reactive ketones (excluding diaryl/α,β-unsaturated/α-hetero) is 1. The number of carbonyl (C=O) groups excluding carboxylic acids is 1. The molecule has 19 heavy (non-hydrogen) atoms. The Hall–Kier alpha value is -1.51. The Bertz CT molecular complexity index is 590. The van der Waals surface area contributed by atoms with E-state index < -0.39 is 0 Å². The topological polar surface area (TPSA) is 17.1 Å². The predicted octanol–water partition coefficient (Wildman–Crippen LogP) is 4.50. The van der Waals surface area contributed by atoms with Crippen molar-refractivity contribution in [3.63, 3.8) is 0 Å². The monoisotopic (exact) mass is 288 g/mol. The summed E-state index contributed by atoms with van der Waals surface area (Å²) in [4.78, 5) is 12.0. The second kappa shape index (κ2) is 6.60. The SMILES string of the molecule is O=C(CCc1ccccc1C=S)c1ccc(Cl)cc1. The Labute approximate surface area is 123 Å². The Morgan fingerprint density at radius 1 is 1.11 bits per heavy atom. The smallest absolute Gasteiger partial charge is 0.163 e. The second-order valence-corrected chi connectivity index (χ2v) is 4.92. The van der Waals surface area contributed by atoms with E-state index in [9.17, 15) is 4.79 Å². The van der Waals surface area contributed by atoms with E-state index in [1.54, 1.807) is 29.6 Å². The molecular formula is C16H13ClOS. The van der Waals surface area contributed by atoms with Gasteiger partial charge in [0, 0.05) is 22.4 Å². The van der Waals surface area contributed by atoms with Crippen molar-refractivity contribution in [3.05, 3.63) is 70.2 Å². The minimum atomic E-state index is 0.121. The van der Waals surface area contributed by atoms with Crippen LogP contribution in [0.3, 0.4) is 0 Å². The van der Waals surface area contributed by atoms with Crippen LogP contribution in [0.1, 0.15) is 27.9 Å². The van der Waals surface area contributed by atoms with E-state index in [4.69, 9.17) is 23.8 Å². The molecule has 3 heteroatoms. The summed E-state index contributed by atoms with van der Waals surface area (Å²) >= 11 is 10.8. The van der Waals surface area contributed by atoms with Gasteiger partial charge in [0.1, 0.15) is 0 Å². The number of halogens is 1. The maximum Gasteiger partial charge on any atom is 0.163 e. The highest BCUT2D eigenvalue weighted by atomic mass is 35.5. The number of thiocarbonyl (C=S) groups is 1. The molecule has 0 aliphatic heterocycles. The van der Waals surface area contributed by atoms with Gasteiger partial charge in [-0.2, -0.15) is 0 Å². The van der Waals surface area contributed by atoms with Gasteiger partial charge in [-0.3, -0.25) is 4.79 Å². The van der Waals surface area contributed by atoms with Crippen molar-refractivity contribution in [1.29, 1.82) is 0 Å². The van der Waals surface area contributed by atoms with E-state index >= 15 is 0 Å². The third-order valence-corrected chi connectivity index (χ3v) is 3.48. The first-order valence-electron chi connectivity index (χ1n) is 6.02. The lowest BCUT2D eigenvalue weighted by Crippen LogP contribution is -2.02. The molecule has 2 aromatic rings. The molecule has 0 spiro atoms. The van der Waals surface area contributed by atoms with Crippen LogP contribution < -0.4 is 0 Å². The van der Waals surface area contributed by atoms with Crippen molar-refractivity contribution in [3.8, 4) is 0 Å². The molecule has 0 bridgehead atoms. The average Bonchev–Trinajstić information content (AvgIpc) is 2.45. The molecule has 0 heterocycles. The van der Waals surface area contributed by atoms with Crippen molar-refractivity contribution in [1.82, 2.24) is 0 Å². The van der Waals surface area contributed by atoms with Gasteiger partial charge in [0.05, 0.1) is 0 Å². The van der Waals surface area contributed by atoms with E-state index in [-0.39, 0.29) is 5.78 Å². The normalized spacial score (nSPS) is 10.2. The second-order valence-electron chi connectivity index (χ2n) is 4.25. The van der Waals surface area contributed by atoms with Gasteiger partial charge in [-0.05, 0) is 41.8 Å². The summed E-state index contributed by atoms with van der Waals surface area (Å²) in [7, 11) is 0. The summed E-state index contributed by atoms with van der Waals surface area (Å²) in [5.74, 6) is 0.121. The molecule has 0 saturated heterocycles. The third-order valence-electron chi connectivity index (χ3n) is 2.97. The number of hydrogen-bond acceptors (Lipinski definition) is 2. The van der Waals surface area contributed by atoms with Crippen LogP contribution in [0.25, 0.3) is 0 Å². The lowest BCUT2D eigenvalue weighted by molar-refractivity contribution is 0.0983. The highest BCUT2D eigenvalue weighted by molar-refractivity contribution is 7.79. The first-order chi connectivity index (χ1) is 9.20. The van der Waals surface area contributed by atoms with Gasteiger partial charge in [0.15, 0.2) is 5.78 Å². The Kier molecular flexibility index (Phi) is 4.83. The van der Waals surface area contributed by atoms with E-state index in [1.165, 1.54) is 0 Å². The minimum absolute atomic E-state index is 0.121. The first kappa shape index (κ1) is 13.9. The van der Waals surface area contributed by atoms with Gasteiger partial charge in [-0.1, -0.05) is 48.1 Å². The standard InChI is InChI=1S/C16H13ClOS/c17-15-8-5-13(6-9-15)16(18)10-7-12-3-1-2-4-14(12)11-19/h1-6,8-9,11H,7,10H2. The van der Waals surface area contributed by atoms with Crippen molar-refractivity contribution >= 4 is 35.0 Å². The quantitative estimate of drug-likeness (QED) is 0.595. The van der Waals surface area contributed by atoms with Gasteiger partial charge in [-0.25, -0.2) is 0 Å². The molecule has 1 nitrogen and oxygen atoms in total. The Morgan fingerprint density at radius 3 is 2.47 bits per heavy atom. The van der Waals surface area contributed by atoms with Gasteiger partial charge >= 0.3 is 0 Å². The summed E-state index contributed by atoms with van der Waals surface area (Å²) in [5.41, 5.74) is 2.82. The highest BCUT2D eigenvalue weighted by Gasteiger charge is 2.07. The largest absolute Gasteiger partial charge is 0.294 e. The molecule has 2 aromatic carbocycles. The van der Waals surface area contributed by atoms with Gasteiger partial charge in [0.25, 0.3) is 0 Å². The zero-order valence-electron chi connectivity index (χ0n) is 10.3. The van der Waals surface area contributed by atoms with Gasteiger partial charge in [0.2, 0.25) is 0 Å². The molecule has 0 unspecified atom stereocenters. The summed E-state index contributed by atoms with van der Waals surface area (Å²) < 4.78 is 0. The third kappa shape index (κ3) is 3.72. The summed E-state index contributed by atoms with van der Waals surface area (Å²) in [6.45, 7) is 0. The maximum atomic E-state index is 12.0. The molecule has 0 aromatic heterocycles. The van der Waals surface area contributed by atoms with E-state index in [2.05, 4.69) is 0 Å². The van der Waals surface area contributed by atoms with Crippen LogP contribution in [-0.4, -0.2) is 11.2 Å². The van der Waals surface area contributed by atoms with Crippen LogP contribution in [0.15, 0.2) is 48.5 Å². The van der Waals surface area contributed by atoms with E-state index in [0.717, 1.165) is 11.1 Å². The number of hydrogen-bond donors (Lipinski definition) is 0. The van der Waals surface area contributed by atoms with Crippen LogP contribution in [0, 0.1) is 0 Å². The fourth-order valence-corrected chi connectivity index (χ4v) is 2.26. The Balaban J connectivity index is 2.04. The first-order valence-corrected chi connectivity index (χ1v) is 6.87. The predicted molar refractivity (Wildman–Crippen MR) is 83.3 cm³/mol. The molecule has 2 rings (SSSR count). The van der Waals surface area contributed by atoms with Crippen molar-refractivity contribution in [2.45, 2.75) is 12.8 Å². The molecule has 0 aliphatic rings. The van der Waals surface area contributed by atoms with Crippen molar-refractivity contribution in [2.24, 2.45) is 0 Å². The van der Waals surface area contributed by atoms with Crippen LogP contribution in [0.5, 0.6) is 0 Å². The maximum absolute atomic E-state index is 12.0. The molecule has 0 saturated carbocycles. The van der Waals surface area contributed by atoms with Crippen molar-refractivity contribution < 1.29 is 4.79 Å². The number of rotatable bonds is 5. The molecule has 0 atom stereocenters. The number of benzene rings is 2. The summed E-state index contributed by atoms with van der Waals surface area (Å²) in [6, 6.07) is 14.9. The molecule has 0 amide bonds. The van der Waals surface area contributed by atoms with Crippen LogP contribution in [0.4, 0.5) is 0 Å². The highest BCUT2D eigenvalue weighted by Crippen LogP contribution is 2.14. The molecule has 0 radical (unpaired) electrons. The zero-order valence-corrected chi connectivity index (χ0v) is 11.9. The zero-order chi connectivity index (χ0) is 13.7. The fraction of sp³-hybridized carbons (Fsp3) is 0.125. The molecule has 96 valence electrons. The summed E-state index contributed by atoms with van der Waals surface area (Å²) in [6.07, 6.45) is 1.17. The fourth-order valence-electron chi connectivity index (χ4n) is 1.91. The number of aryl methyl sites for hydroxylation is 1. The van der Waals surface area contributed by atoms with Gasteiger partial charge < -0.3 is 0 Å². The minimum Gasteiger partial charge on any atom is -0.294 e. The van der Waals surface area contributed by atoms with Crippen LogP contribution >= 0.6 is 23.8 Å². The van der Waals surface area contributed by atoms with Crippen LogP contribution in [-0.2, 0) is 6.42 Å². The van der Waals surface area contributed by atoms with Crippen molar-refractivity contribution in [2.75, 3.05) is 0 Å². The molecular weight excluding hydrogens is 276 g/mol. The van der Waals surface area contributed by atoms with Crippen LogP contribution in [0.2, 0.25) is 5.02 Å². The van der Waals surface area contributed by atoms with Gasteiger partial charge in [-0.15, -0.1) is 0 Å². The number of ketones is 1.